The highest BCUT2D eigenvalue weighted by atomic mass is 35.5. The van der Waals surface area contributed by atoms with Crippen LogP contribution in [0.25, 0.3) is 0 Å². The lowest BCUT2D eigenvalue weighted by atomic mass is 10.2. The molecule has 2 nitrogen and oxygen atoms in total. The number of benzene rings is 1. The monoisotopic (exact) mass is 183 g/mol. The van der Waals surface area contributed by atoms with Gasteiger partial charge in [-0.25, -0.2) is 4.79 Å². The maximum Gasteiger partial charge on any atom is 0.339 e. The van der Waals surface area contributed by atoms with Crippen LogP contribution in [0.15, 0.2) is 18.2 Å². The molecule has 0 bridgehead atoms. The van der Waals surface area contributed by atoms with E-state index in [1.54, 1.807) is 19.1 Å². The maximum absolute atomic E-state index is 11.1. The Morgan fingerprint density at radius 3 is 3.08 bits per heavy atom. The van der Waals surface area contributed by atoms with Crippen LogP contribution >= 0.6 is 11.6 Å². The van der Waals surface area contributed by atoms with E-state index < -0.39 is 5.97 Å². The summed E-state index contributed by atoms with van der Waals surface area (Å²) in [6.07, 6.45) is 0. The van der Waals surface area contributed by atoms with Crippen molar-refractivity contribution < 1.29 is 9.53 Å². The molecule has 0 aliphatic rings. The molecule has 0 unspecified atom stereocenters. The van der Waals surface area contributed by atoms with Crippen LogP contribution in [0.5, 0.6) is 0 Å². The summed E-state index contributed by atoms with van der Waals surface area (Å²) in [4.78, 5) is 11.1. The van der Waals surface area contributed by atoms with Gasteiger partial charge in [-0.15, -0.1) is 0 Å². The van der Waals surface area contributed by atoms with Crippen molar-refractivity contribution in [1.29, 1.82) is 0 Å². The summed E-state index contributed by atoms with van der Waals surface area (Å²) < 4.78 is 4.77. The van der Waals surface area contributed by atoms with Crippen molar-refractivity contribution in [2.24, 2.45) is 0 Å². The fourth-order valence-electron chi connectivity index (χ4n) is 0.777. The van der Waals surface area contributed by atoms with E-state index >= 15 is 0 Å². The third kappa shape index (κ3) is 1.98. The molecule has 0 atom stereocenters. The first-order chi connectivity index (χ1) is 5.75. The number of carbonyl (C=O) groups excluding carboxylic acids is 1. The fraction of sp³-hybridized carbons (Fsp3) is 0.222. The average Bonchev–Trinajstić information content (AvgIpc) is 2.05. The minimum Gasteiger partial charge on any atom is -0.462 e. The Bertz CT molecular complexity index is 284. The van der Waals surface area contributed by atoms with Crippen LogP contribution in [0.4, 0.5) is 0 Å². The van der Waals surface area contributed by atoms with Crippen molar-refractivity contribution in [1.82, 2.24) is 0 Å². The third-order valence-electron chi connectivity index (χ3n) is 1.31. The molecule has 0 aliphatic carbocycles. The van der Waals surface area contributed by atoms with E-state index in [0.717, 1.165) is 0 Å². The van der Waals surface area contributed by atoms with Crippen molar-refractivity contribution in [2.45, 2.75) is 6.92 Å². The van der Waals surface area contributed by atoms with E-state index in [9.17, 15) is 4.79 Å². The molecule has 0 aliphatic heterocycles. The highest BCUT2D eigenvalue weighted by molar-refractivity contribution is 6.33. The molecule has 0 amide bonds. The zero-order valence-corrected chi connectivity index (χ0v) is 7.39. The summed E-state index contributed by atoms with van der Waals surface area (Å²) in [7, 11) is 0. The summed E-state index contributed by atoms with van der Waals surface area (Å²) in [6.45, 7) is 2.10. The molecule has 0 heterocycles. The first-order valence-electron chi connectivity index (χ1n) is 3.58. The number of carbonyl (C=O) groups is 1. The van der Waals surface area contributed by atoms with Crippen LogP contribution in [-0.2, 0) is 4.74 Å². The molecule has 3 heteroatoms. The van der Waals surface area contributed by atoms with Gasteiger partial charge in [0.15, 0.2) is 0 Å². The van der Waals surface area contributed by atoms with Crippen LogP contribution in [0.1, 0.15) is 17.3 Å². The molecular formula is C9H8ClO2. The second-order valence-electron chi connectivity index (χ2n) is 2.13. The Labute approximate surface area is 76.1 Å². The van der Waals surface area contributed by atoms with Gasteiger partial charge in [0.25, 0.3) is 0 Å². The highest BCUT2D eigenvalue weighted by Crippen LogP contribution is 2.15. The Morgan fingerprint density at radius 2 is 2.50 bits per heavy atom. The van der Waals surface area contributed by atoms with Crippen LogP contribution in [0.3, 0.4) is 0 Å². The summed E-state index contributed by atoms with van der Waals surface area (Å²) in [5.41, 5.74) is 0.362. The Balaban J connectivity index is 2.87. The predicted octanol–water partition coefficient (Wildman–Crippen LogP) is 2.32. The lowest BCUT2D eigenvalue weighted by molar-refractivity contribution is 0.0526. The Kier molecular flexibility index (Phi) is 3.11. The van der Waals surface area contributed by atoms with Gasteiger partial charge >= 0.3 is 5.97 Å². The van der Waals surface area contributed by atoms with Crippen molar-refractivity contribution in [2.75, 3.05) is 6.61 Å². The number of hydrogen-bond acceptors (Lipinski definition) is 2. The van der Waals surface area contributed by atoms with Gasteiger partial charge in [0, 0.05) is 0 Å². The molecule has 0 aromatic heterocycles. The van der Waals surface area contributed by atoms with Crippen LogP contribution in [0.2, 0.25) is 5.02 Å². The second-order valence-corrected chi connectivity index (χ2v) is 2.53. The van der Waals surface area contributed by atoms with Crippen LogP contribution < -0.4 is 0 Å². The lowest BCUT2D eigenvalue weighted by Gasteiger charge is -2.01. The summed E-state index contributed by atoms with van der Waals surface area (Å²) in [5.74, 6) is -0.403. The molecule has 1 aromatic carbocycles. The molecule has 0 fully saturated rings. The fourth-order valence-corrected chi connectivity index (χ4v) is 0.971. The summed E-state index contributed by atoms with van der Waals surface area (Å²) in [6, 6.07) is 7.52. The van der Waals surface area contributed by atoms with Gasteiger partial charge in [-0.05, 0) is 25.1 Å². The van der Waals surface area contributed by atoms with Gasteiger partial charge in [0.05, 0.1) is 17.2 Å². The molecule has 1 rings (SSSR count). The van der Waals surface area contributed by atoms with Crippen LogP contribution in [0, 0.1) is 6.07 Å². The van der Waals surface area contributed by atoms with Gasteiger partial charge in [-0.2, -0.15) is 0 Å². The first kappa shape index (κ1) is 9.07. The smallest absolute Gasteiger partial charge is 0.339 e. The molecule has 0 saturated carbocycles. The van der Waals surface area contributed by atoms with E-state index in [2.05, 4.69) is 6.07 Å². The molecule has 63 valence electrons. The Morgan fingerprint density at radius 1 is 1.75 bits per heavy atom. The quantitative estimate of drug-likeness (QED) is 0.658. The highest BCUT2D eigenvalue weighted by Gasteiger charge is 2.09. The molecule has 0 spiro atoms. The lowest BCUT2D eigenvalue weighted by Crippen LogP contribution is -2.04. The zero-order valence-electron chi connectivity index (χ0n) is 6.63. The number of rotatable bonds is 2. The zero-order chi connectivity index (χ0) is 8.97. The van der Waals surface area contributed by atoms with E-state index in [-0.39, 0.29) is 0 Å². The molecule has 12 heavy (non-hydrogen) atoms. The first-order valence-corrected chi connectivity index (χ1v) is 3.96. The normalized spacial score (nSPS) is 9.50. The van der Waals surface area contributed by atoms with Gasteiger partial charge in [0.1, 0.15) is 0 Å². The summed E-state index contributed by atoms with van der Waals surface area (Å²) >= 11 is 5.73. The van der Waals surface area contributed by atoms with Crippen molar-refractivity contribution >= 4 is 17.6 Å². The van der Waals surface area contributed by atoms with Gasteiger partial charge in [0.2, 0.25) is 0 Å². The number of ether oxygens (including phenoxy) is 1. The average molecular weight is 184 g/mol. The third-order valence-corrected chi connectivity index (χ3v) is 1.64. The van der Waals surface area contributed by atoms with E-state index in [0.29, 0.717) is 17.2 Å². The number of halogens is 1. The van der Waals surface area contributed by atoms with Gasteiger partial charge in [-0.3, -0.25) is 0 Å². The van der Waals surface area contributed by atoms with Crippen molar-refractivity contribution in [3.05, 3.63) is 34.9 Å². The van der Waals surface area contributed by atoms with Gasteiger partial charge < -0.3 is 4.74 Å². The van der Waals surface area contributed by atoms with Gasteiger partial charge in [-0.1, -0.05) is 17.7 Å². The largest absolute Gasteiger partial charge is 0.462 e. The van der Waals surface area contributed by atoms with E-state index in [4.69, 9.17) is 16.3 Å². The minimum absolute atomic E-state index is 0.351. The second kappa shape index (κ2) is 4.12. The van der Waals surface area contributed by atoms with E-state index in [1.807, 2.05) is 0 Å². The topological polar surface area (TPSA) is 26.3 Å². The predicted molar refractivity (Wildman–Crippen MR) is 46.2 cm³/mol. The molecule has 1 radical (unpaired) electrons. The molecule has 0 saturated heterocycles. The standard InChI is InChI=1S/C9H8ClO2/c1-2-12-9(11)7-5-3-4-6-8(7)10/h4-6H,2H2,1H3. The van der Waals surface area contributed by atoms with Crippen LogP contribution in [-0.4, -0.2) is 12.6 Å². The van der Waals surface area contributed by atoms with E-state index in [1.165, 1.54) is 6.07 Å². The van der Waals surface area contributed by atoms with Crippen molar-refractivity contribution in [3.8, 4) is 0 Å². The maximum atomic E-state index is 11.1. The minimum atomic E-state index is -0.403. The summed E-state index contributed by atoms with van der Waals surface area (Å²) in [5, 5.41) is 0.396. The molecule has 1 aromatic rings. The van der Waals surface area contributed by atoms with Crippen molar-refractivity contribution in [3.63, 3.8) is 0 Å². The molecule has 0 N–H and O–H groups in total. The SMILES string of the molecule is CCOC(=O)c1c[c]ccc1Cl. The molecular weight excluding hydrogens is 176 g/mol. The Hall–Kier alpha value is -1.02. The number of esters is 1. The number of hydrogen-bond donors (Lipinski definition) is 0.